The van der Waals surface area contributed by atoms with Gasteiger partial charge in [-0.25, -0.2) is 9.97 Å². The first-order valence-corrected chi connectivity index (χ1v) is 12.4. The van der Waals surface area contributed by atoms with Gasteiger partial charge in [0, 0.05) is 22.6 Å². The van der Waals surface area contributed by atoms with E-state index in [0.717, 1.165) is 35.0 Å². The largest absolute Gasteiger partial charge is 0.475 e. The minimum Gasteiger partial charge on any atom is -0.475 e. The zero-order chi connectivity index (χ0) is 24.7. The average Bonchev–Trinajstić information content (AvgIpc) is 3.44. The van der Waals surface area contributed by atoms with Crippen LogP contribution in [0.1, 0.15) is 63.6 Å². The number of anilines is 1. The van der Waals surface area contributed by atoms with Crippen molar-refractivity contribution in [2.24, 2.45) is 0 Å². The van der Waals surface area contributed by atoms with E-state index in [2.05, 4.69) is 54.8 Å². The Bertz CT molecular complexity index is 1090. The molecule has 1 unspecified atom stereocenters. The molecule has 0 bridgehead atoms. The molecule has 3 rings (SSSR count). The summed E-state index contributed by atoms with van der Waals surface area (Å²) in [5.74, 6) is 2.06. The number of rotatable bonds is 10. The van der Waals surface area contributed by atoms with Crippen LogP contribution in [0.15, 0.2) is 41.1 Å². The number of oxazole rings is 1. The molecular weight excluding hydrogens is 448 g/mol. The minimum absolute atomic E-state index is 0.00130. The van der Waals surface area contributed by atoms with Crippen molar-refractivity contribution >= 4 is 34.5 Å². The quantitative estimate of drug-likeness (QED) is 0.365. The van der Waals surface area contributed by atoms with Gasteiger partial charge in [0.2, 0.25) is 11.8 Å². The fourth-order valence-corrected chi connectivity index (χ4v) is 4.07. The third kappa shape index (κ3) is 7.27. The van der Waals surface area contributed by atoms with Crippen LogP contribution in [-0.4, -0.2) is 40.1 Å². The molecule has 1 aromatic carbocycles. The average molecular weight is 483 g/mol. The van der Waals surface area contributed by atoms with E-state index in [1.165, 1.54) is 11.3 Å². The van der Waals surface area contributed by atoms with Gasteiger partial charge in [-0.2, -0.15) is 0 Å². The maximum Gasteiger partial charge on any atom is 0.230 e. The van der Waals surface area contributed by atoms with E-state index >= 15 is 0 Å². The molecule has 0 aliphatic heterocycles. The molecule has 0 fully saturated rings. The van der Waals surface area contributed by atoms with Crippen molar-refractivity contribution in [2.45, 2.75) is 59.6 Å². The van der Waals surface area contributed by atoms with E-state index in [1.54, 1.807) is 18.5 Å². The first kappa shape index (κ1) is 25.6. The van der Waals surface area contributed by atoms with Crippen LogP contribution in [0, 0.1) is 0 Å². The molecule has 3 aromatic rings. The Kier molecular flexibility index (Phi) is 8.63. The Morgan fingerprint density at radius 3 is 2.47 bits per heavy atom. The predicted molar refractivity (Wildman–Crippen MR) is 138 cm³/mol. The van der Waals surface area contributed by atoms with E-state index in [1.807, 2.05) is 37.3 Å². The monoisotopic (exact) mass is 482 g/mol. The number of hydrogen-bond acceptors (Lipinski definition) is 7. The van der Waals surface area contributed by atoms with Crippen molar-refractivity contribution < 1.29 is 13.9 Å². The Balaban J connectivity index is 1.51. The number of hydrogen-bond donors (Lipinski definition) is 1. The van der Waals surface area contributed by atoms with Crippen LogP contribution in [0.3, 0.4) is 0 Å². The van der Waals surface area contributed by atoms with Gasteiger partial charge >= 0.3 is 0 Å². The number of nitrogens with one attached hydrogen (secondary N) is 1. The Hall–Kier alpha value is -2.97. The zero-order valence-electron chi connectivity index (χ0n) is 20.8. The molecule has 182 valence electrons. The standard InChI is InChI=1S/C26H34N4O3S/c1-7-30(8-2)18(3)32-20-11-9-19(10-12-20)15-23(31)29-25-28-16-21(34-25)13-14-24-27-17-22(33-24)26(4,5)6/h9-14,16-18H,7-8,15H2,1-6H3,(H,28,29,31)/b14-13+. The van der Waals surface area contributed by atoms with Gasteiger partial charge in [0.05, 0.1) is 12.6 Å². The van der Waals surface area contributed by atoms with Gasteiger partial charge < -0.3 is 14.5 Å². The van der Waals surface area contributed by atoms with Crippen LogP contribution in [-0.2, 0) is 16.6 Å². The van der Waals surface area contributed by atoms with Crippen LogP contribution in [0.25, 0.3) is 12.2 Å². The lowest BCUT2D eigenvalue weighted by atomic mass is 9.94. The van der Waals surface area contributed by atoms with Crippen LogP contribution in [0.5, 0.6) is 5.75 Å². The minimum atomic E-state index is -0.113. The fourth-order valence-electron chi connectivity index (χ4n) is 3.33. The Labute approximate surface area is 205 Å². The molecule has 0 saturated heterocycles. The third-order valence-corrected chi connectivity index (χ3v) is 6.22. The van der Waals surface area contributed by atoms with E-state index < -0.39 is 0 Å². The van der Waals surface area contributed by atoms with Crippen molar-refractivity contribution in [3.05, 3.63) is 58.8 Å². The number of aromatic nitrogens is 2. The fraction of sp³-hybridized carbons (Fsp3) is 0.423. The van der Waals surface area contributed by atoms with Crippen molar-refractivity contribution in [1.82, 2.24) is 14.9 Å². The maximum absolute atomic E-state index is 12.5. The number of nitrogens with zero attached hydrogens (tertiary/aromatic N) is 3. The van der Waals surface area contributed by atoms with E-state index in [0.29, 0.717) is 11.0 Å². The van der Waals surface area contributed by atoms with Gasteiger partial charge in [-0.1, -0.05) is 58.1 Å². The molecule has 0 radical (unpaired) electrons. The summed E-state index contributed by atoms with van der Waals surface area (Å²) in [4.78, 5) is 24.2. The van der Waals surface area contributed by atoms with Crippen LogP contribution in [0.4, 0.5) is 5.13 Å². The SMILES string of the molecule is CCN(CC)C(C)Oc1ccc(CC(=O)Nc2ncc(/C=C/c3ncc(C(C)(C)C)o3)s2)cc1. The van der Waals surface area contributed by atoms with Gasteiger partial charge in [-0.05, 0) is 43.8 Å². The maximum atomic E-state index is 12.5. The number of ether oxygens (including phenoxy) is 1. The summed E-state index contributed by atoms with van der Waals surface area (Å²) < 4.78 is 11.8. The number of carbonyl (C=O) groups excluding carboxylic acids is 1. The summed E-state index contributed by atoms with van der Waals surface area (Å²) in [7, 11) is 0. The molecular formula is C26H34N4O3S. The third-order valence-electron chi connectivity index (χ3n) is 5.34. The molecule has 0 aliphatic rings. The van der Waals surface area contributed by atoms with E-state index in [9.17, 15) is 4.79 Å². The Morgan fingerprint density at radius 1 is 1.15 bits per heavy atom. The van der Waals surface area contributed by atoms with Gasteiger partial charge in [-0.15, -0.1) is 0 Å². The first-order valence-electron chi connectivity index (χ1n) is 11.6. The summed E-state index contributed by atoms with van der Waals surface area (Å²) in [6.07, 6.45) is 7.42. The number of thiazole rings is 1. The zero-order valence-corrected chi connectivity index (χ0v) is 21.6. The molecule has 1 atom stereocenters. The first-order chi connectivity index (χ1) is 16.2. The lowest BCUT2D eigenvalue weighted by molar-refractivity contribution is -0.115. The molecule has 8 heteroatoms. The summed E-state index contributed by atoms with van der Waals surface area (Å²) in [6, 6.07) is 7.65. The molecule has 2 aromatic heterocycles. The van der Waals surface area contributed by atoms with E-state index in [-0.39, 0.29) is 24.0 Å². The number of carbonyl (C=O) groups is 1. The highest BCUT2D eigenvalue weighted by Crippen LogP contribution is 2.25. The molecule has 7 nitrogen and oxygen atoms in total. The number of benzene rings is 1. The second-order valence-corrected chi connectivity index (χ2v) is 10.1. The van der Waals surface area contributed by atoms with Crippen LogP contribution < -0.4 is 10.1 Å². The normalized spacial score (nSPS) is 12.9. The topological polar surface area (TPSA) is 80.5 Å². The highest BCUT2D eigenvalue weighted by atomic mass is 32.1. The van der Waals surface area contributed by atoms with E-state index in [4.69, 9.17) is 9.15 Å². The summed E-state index contributed by atoms with van der Waals surface area (Å²) in [5, 5.41) is 3.42. The van der Waals surface area contributed by atoms with Crippen molar-refractivity contribution in [1.29, 1.82) is 0 Å². The highest BCUT2D eigenvalue weighted by molar-refractivity contribution is 7.16. The molecule has 0 aliphatic carbocycles. The van der Waals surface area contributed by atoms with Gasteiger partial charge in [0.25, 0.3) is 0 Å². The molecule has 2 heterocycles. The molecule has 1 N–H and O–H groups in total. The van der Waals surface area contributed by atoms with Gasteiger partial charge in [0.1, 0.15) is 17.7 Å². The number of amides is 1. The van der Waals surface area contributed by atoms with Crippen LogP contribution in [0.2, 0.25) is 0 Å². The lowest BCUT2D eigenvalue weighted by Gasteiger charge is -2.26. The Morgan fingerprint density at radius 2 is 1.85 bits per heavy atom. The summed E-state index contributed by atoms with van der Waals surface area (Å²) >= 11 is 1.40. The van der Waals surface area contributed by atoms with Crippen molar-refractivity contribution in [2.75, 3.05) is 18.4 Å². The van der Waals surface area contributed by atoms with Gasteiger partial charge in [-0.3, -0.25) is 9.69 Å². The summed E-state index contributed by atoms with van der Waals surface area (Å²) in [5.41, 5.74) is 0.827. The molecule has 34 heavy (non-hydrogen) atoms. The summed E-state index contributed by atoms with van der Waals surface area (Å²) in [6.45, 7) is 14.4. The molecule has 1 amide bonds. The smallest absolute Gasteiger partial charge is 0.230 e. The second-order valence-electron chi connectivity index (χ2n) is 9.02. The predicted octanol–water partition coefficient (Wildman–Crippen LogP) is 5.85. The van der Waals surface area contributed by atoms with Crippen LogP contribution >= 0.6 is 11.3 Å². The lowest BCUT2D eigenvalue weighted by Crippen LogP contribution is -2.36. The second kappa shape index (κ2) is 11.4. The van der Waals surface area contributed by atoms with Crippen molar-refractivity contribution in [3.63, 3.8) is 0 Å². The molecule has 0 spiro atoms. The van der Waals surface area contributed by atoms with Gasteiger partial charge in [0.15, 0.2) is 5.13 Å². The molecule has 0 saturated carbocycles. The van der Waals surface area contributed by atoms with Crippen molar-refractivity contribution in [3.8, 4) is 5.75 Å². The highest BCUT2D eigenvalue weighted by Gasteiger charge is 2.18.